The maximum absolute atomic E-state index is 13.5. The number of pyridine rings is 1. The number of nitrogens with one attached hydrogen (secondary N) is 1. The SMILES string of the molecule is O=C(O)c1ccc(F)c(CNCCc2ccncc2)c1. The average molecular weight is 274 g/mol. The van der Waals surface area contributed by atoms with Gasteiger partial charge in [-0.15, -0.1) is 0 Å². The topological polar surface area (TPSA) is 62.2 Å². The molecule has 2 aromatic rings. The first-order chi connectivity index (χ1) is 9.66. The fourth-order valence-corrected chi connectivity index (χ4v) is 1.85. The minimum Gasteiger partial charge on any atom is -0.478 e. The lowest BCUT2D eigenvalue weighted by Crippen LogP contribution is -2.18. The number of carboxylic acids is 1. The van der Waals surface area contributed by atoms with Gasteiger partial charge in [-0.1, -0.05) is 0 Å². The Morgan fingerprint density at radius 2 is 2.00 bits per heavy atom. The van der Waals surface area contributed by atoms with Gasteiger partial charge in [0.05, 0.1) is 5.56 Å². The summed E-state index contributed by atoms with van der Waals surface area (Å²) in [5, 5.41) is 12.0. The van der Waals surface area contributed by atoms with Gasteiger partial charge >= 0.3 is 5.97 Å². The Morgan fingerprint density at radius 3 is 2.70 bits per heavy atom. The average Bonchev–Trinajstić information content (AvgIpc) is 2.46. The van der Waals surface area contributed by atoms with Gasteiger partial charge in [-0.05, 0) is 48.9 Å². The van der Waals surface area contributed by atoms with Gasteiger partial charge < -0.3 is 10.4 Å². The molecule has 104 valence electrons. The maximum atomic E-state index is 13.5. The molecule has 0 aliphatic rings. The van der Waals surface area contributed by atoms with E-state index in [0.717, 1.165) is 12.0 Å². The largest absolute Gasteiger partial charge is 0.478 e. The first-order valence-corrected chi connectivity index (χ1v) is 6.28. The molecule has 0 atom stereocenters. The molecule has 0 radical (unpaired) electrons. The molecule has 20 heavy (non-hydrogen) atoms. The quantitative estimate of drug-likeness (QED) is 0.793. The van der Waals surface area contributed by atoms with Crippen LogP contribution in [0.2, 0.25) is 0 Å². The number of aromatic nitrogens is 1. The van der Waals surface area contributed by atoms with Crippen LogP contribution in [-0.4, -0.2) is 22.6 Å². The van der Waals surface area contributed by atoms with E-state index in [9.17, 15) is 9.18 Å². The molecule has 0 aliphatic heterocycles. The number of halogens is 1. The van der Waals surface area contributed by atoms with Gasteiger partial charge in [0, 0.05) is 24.5 Å². The molecule has 0 spiro atoms. The first-order valence-electron chi connectivity index (χ1n) is 6.28. The zero-order valence-corrected chi connectivity index (χ0v) is 10.8. The van der Waals surface area contributed by atoms with Crippen LogP contribution in [0.4, 0.5) is 4.39 Å². The molecule has 0 amide bonds. The number of nitrogens with zero attached hydrogens (tertiary/aromatic N) is 1. The van der Waals surface area contributed by atoms with E-state index in [1.165, 1.54) is 18.2 Å². The van der Waals surface area contributed by atoms with E-state index in [4.69, 9.17) is 5.11 Å². The second-order valence-corrected chi connectivity index (χ2v) is 4.39. The third kappa shape index (κ3) is 3.86. The Bertz CT molecular complexity index is 588. The van der Waals surface area contributed by atoms with Crippen LogP contribution in [0.25, 0.3) is 0 Å². The molecule has 1 heterocycles. The second-order valence-electron chi connectivity index (χ2n) is 4.39. The zero-order valence-electron chi connectivity index (χ0n) is 10.8. The van der Waals surface area contributed by atoms with Crippen molar-refractivity contribution >= 4 is 5.97 Å². The van der Waals surface area contributed by atoms with E-state index in [0.29, 0.717) is 18.7 Å². The molecule has 5 heteroatoms. The number of carbonyl (C=O) groups is 1. The number of rotatable bonds is 6. The van der Waals surface area contributed by atoms with Crippen molar-refractivity contribution < 1.29 is 14.3 Å². The van der Waals surface area contributed by atoms with Crippen molar-refractivity contribution in [1.82, 2.24) is 10.3 Å². The molecule has 2 N–H and O–H groups in total. The molecular formula is C15H15FN2O2. The van der Waals surface area contributed by atoms with E-state index >= 15 is 0 Å². The predicted octanol–water partition coefficient (Wildman–Crippen LogP) is 2.25. The van der Waals surface area contributed by atoms with E-state index in [-0.39, 0.29) is 5.56 Å². The van der Waals surface area contributed by atoms with Crippen molar-refractivity contribution in [3.05, 3.63) is 65.2 Å². The number of hydrogen-bond acceptors (Lipinski definition) is 3. The highest BCUT2D eigenvalue weighted by molar-refractivity contribution is 5.87. The normalized spacial score (nSPS) is 10.4. The number of benzene rings is 1. The number of hydrogen-bond donors (Lipinski definition) is 2. The van der Waals surface area contributed by atoms with Crippen LogP contribution in [0.5, 0.6) is 0 Å². The molecule has 1 aromatic heterocycles. The summed E-state index contributed by atoms with van der Waals surface area (Å²) in [5.41, 5.74) is 1.60. The van der Waals surface area contributed by atoms with Gasteiger partial charge in [0.2, 0.25) is 0 Å². The second kappa shape index (κ2) is 6.77. The fourth-order valence-electron chi connectivity index (χ4n) is 1.85. The summed E-state index contributed by atoms with van der Waals surface area (Å²) >= 11 is 0. The van der Waals surface area contributed by atoms with Crippen LogP contribution in [0.3, 0.4) is 0 Å². The van der Waals surface area contributed by atoms with Crippen LogP contribution in [0.1, 0.15) is 21.5 Å². The minimum absolute atomic E-state index is 0.0948. The van der Waals surface area contributed by atoms with Crippen molar-refractivity contribution in [2.75, 3.05) is 6.54 Å². The Labute approximate surface area is 116 Å². The van der Waals surface area contributed by atoms with Crippen LogP contribution in [0.15, 0.2) is 42.7 Å². The summed E-state index contributed by atoms with van der Waals surface area (Å²) in [5.74, 6) is -1.45. The van der Waals surface area contributed by atoms with E-state index < -0.39 is 11.8 Å². The molecule has 4 nitrogen and oxygen atoms in total. The summed E-state index contributed by atoms with van der Waals surface area (Å²) in [6.07, 6.45) is 4.26. The summed E-state index contributed by atoms with van der Waals surface area (Å²) in [7, 11) is 0. The van der Waals surface area contributed by atoms with Gasteiger partial charge in [0.1, 0.15) is 5.82 Å². The third-order valence-electron chi connectivity index (χ3n) is 2.95. The molecule has 1 aromatic carbocycles. The lowest BCUT2D eigenvalue weighted by atomic mass is 10.1. The van der Waals surface area contributed by atoms with Crippen LogP contribution in [-0.2, 0) is 13.0 Å². The lowest BCUT2D eigenvalue weighted by molar-refractivity contribution is 0.0696. The highest BCUT2D eigenvalue weighted by atomic mass is 19.1. The maximum Gasteiger partial charge on any atom is 0.335 e. The summed E-state index contributed by atoms with van der Waals surface area (Å²) in [6.45, 7) is 0.985. The van der Waals surface area contributed by atoms with Crippen LogP contribution < -0.4 is 5.32 Å². The molecule has 0 saturated carbocycles. The Morgan fingerprint density at radius 1 is 1.25 bits per heavy atom. The van der Waals surface area contributed by atoms with Gasteiger partial charge in [0.25, 0.3) is 0 Å². The zero-order chi connectivity index (χ0) is 14.4. The Hall–Kier alpha value is -2.27. The van der Waals surface area contributed by atoms with Crippen molar-refractivity contribution in [2.24, 2.45) is 0 Å². The Balaban J connectivity index is 1.88. The van der Waals surface area contributed by atoms with Crippen LogP contribution in [0, 0.1) is 5.82 Å². The standard InChI is InChI=1S/C15H15FN2O2/c16-14-2-1-12(15(19)20)9-13(14)10-18-8-5-11-3-6-17-7-4-11/h1-4,6-7,9,18H,5,8,10H2,(H,19,20). The van der Waals surface area contributed by atoms with Gasteiger partial charge in [-0.3, -0.25) is 4.98 Å². The van der Waals surface area contributed by atoms with Crippen molar-refractivity contribution in [1.29, 1.82) is 0 Å². The first kappa shape index (κ1) is 14.1. The smallest absolute Gasteiger partial charge is 0.335 e. The summed E-state index contributed by atoms with van der Waals surface area (Å²) in [4.78, 5) is 14.8. The highest BCUT2D eigenvalue weighted by Crippen LogP contribution is 2.10. The van der Waals surface area contributed by atoms with E-state index in [1.54, 1.807) is 12.4 Å². The van der Waals surface area contributed by atoms with Crippen molar-refractivity contribution in [3.63, 3.8) is 0 Å². The minimum atomic E-state index is -1.05. The molecular weight excluding hydrogens is 259 g/mol. The van der Waals surface area contributed by atoms with Gasteiger partial charge in [0.15, 0.2) is 0 Å². The number of aromatic carboxylic acids is 1. The van der Waals surface area contributed by atoms with E-state index in [2.05, 4.69) is 10.3 Å². The third-order valence-corrected chi connectivity index (χ3v) is 2.95. The molecule has 2 rings (SSSR count). The monoisotopic (exact) mass is 274 g/mol. The molecule has 0 aliphatic carbocycles. The molecule has 0 bridgehead atoms. The predicted molar refractivity (Wildman–Crippen MR) is 73.0 cm³/mol. The van der Waals surface area contributed by atoms with Crippen molar-refractivity contribution in [3.8, 4) is 0 Å². The Kier molecular flexibility index (Phi) is 4.79. The highest BCUT2D eigenvalue weighted by Gasteiger charge is 2.07. The van der Waals surface area contributed by atoms with Gasteiger partial charge in [-0.25, -0.2) is 9.18 Å². The lowest BCUT2D eigenvalue weighted by Gasteiger charge is -2.07. The van der Waals surface area contributed by atoms with Gasteiger partial charge in [-0.2, -0.15) is 0 Å². The molecule has 0 fully saturated rings. The van der Waals surface area contributed by atoms with Crippen LogP contribution >= 0.6 is 0 Å². The summed E-state index contributed by atoms with van der Waals surface area (Å²) in [6, 6.07) is 7.65. The fraction of sp³-hybridized carbons (Fsp3) is 0.200. The number of carboxylic acid groups (broad SMARTS) is 1. The molecule has 0 unspecified atom stereocenters. The molecule has 0 saturated heterocycles. The summed E-state index contributed by atoms with van der Waals surface area (Å²) < 4.78 is 13.5. The van der Waals surface area contributed by atoms with Crippen molar-refractivity contribution in [2.45, 2.75) is 13.0 Å². The van der Waals surface area contributed by atoms with E-state index in [1.807, 2.05) is 12.1 Å².